The summed E-state index contributed by atoms with van der Waals surface area (Å²) in [6, 6.07) is 137. The highest BCUT2D eigenvalue weighted by Crippen LogP contribution is 2.59. The van der Waals surface area contributed by atoms with Crippen LogP contribution in [0.2, 0.25) is 0 Å². The predicted molar refractivity (Wildman–Crippen MR) is 423 cm³/mol. The van der Waals surface area contributed by atoms with Crippen molar-refractivity contribution in [3.8, 4) is 0 Å². The van der Waals surface area contributed by atoms with E-state index < -0.39 is 0 Å². The predicted octanol–water partition coefficient (Wildman–Crippen LogP) is 20.7. The van der Waals surface area contributed by atoms with Crippen LogP contribution in [-0.4, -0.2) is 13.4 Å². The Hall–Kier alpha value is -12.6. The number of hydrogen-bond donors (Lipinski definition) is 0. The molecule has 0 saturated carbocycles. The van der Waals surface area contributed by atoms with Crippen LogP contribution in [0.25, 0.3) is 0 Å². The van der Waals surface area contributed by atoms with E-state index in [1.165, 1.54) is 48.3 Å². The fourth-order valence-corrected chi connectivity index (χ4v) is 17.6. The molecule has 20 rings (SSSR count). The quantitative estimate of drug-likeness (QED) is 0.118. The van der Waals surface area contributed by atoms with Crippen molar-refractivity contribution in [3.63, 3.8) is 0 Å². The Morgan fingerprint density at radius 3 is 0.950 bits per heavy atom. The van der Waals surface area contributed by atoms with Crippen LogP contribution < -0.4 is 67.1 Å². The molecular weight excluding hydrogens is 1230 g/mol. The maximum Gasteiger partial charge on any atom is 0.252 e. The van der Waals surface area contributed by atoms with Gasteiger partial charge in [0.05, 0.1) is 33.3 Å². The van der Waals surface area contributed by atoms with Gasteiger partial charge in [0.25, 0.3) is 13.4 Å². The fraction of sp³-hybridized carbons (Fsp3) is 0. The molecule has 0 saturated heterocycles. The van der Waals surface area contributed by atoms with Crippen LogP contribution >= 0.6 is 11.8 Å². The zero-order chi connectivity index (χ0) is 65.8. The Morgan fingerprint density at radius 2 is 0.530 bits per heavy atom. The molecule has 0 amide bonds. The summed E-state index contributed by atoms with van der Waals surface area (Å²) in [4.78, 5) is 20.0. The third-order valence-electron chi connectivity index (χ3n) is 20.4. The number of para-hydroxylation sites is 11. The minimum Gasteiger partial charge on any atom is -0.311 e. The van der Waals surface area contributed by atoms with E-state index in [0.717, 1.165) is 114 Å². The minimum atomic E-state index is -0.261. The number of anilines is 21. The average molecular weight is 1290 g/mol. The second-order valence-electron chi connectivity index (χ2n) is 26.0. The molecule has 0 aliphatic carbocycles. The highest BCUT2D eigenvalue weighted by Gasteiger charge is 2.50. The van der Waals surface area contributed by atoms with Crippen molar-refractivity contribution in [2.24, 2.45) is 0 Å². The van der Waals surface area contributed by atoms with E-state index in [9.17, 15) is 0 Å². The first-order chi connectivity index (χ1) is 49.7. The molecule has 15 aromatic rings. The average Bonchev–Trinajstić information content (AvgIpc) is 0.676. The van der Waals surface area contributed by atoms with Gasteiger partial charge in [0.15, 0.2) is 0 Å². The maximum atomic E-state index is 2.66. The van der Waals surface area contributed by atoms with Crippen molar-refractivity contribution in [3.05, 3.63) is 370 Å². The summed E-state index contributed by atoms with van der Waals surface area (Å²) < 4.78 is 0. The molecule has 10 heteroatoms. The summed E-state index contributed by atoms with van der Waals surface area (Å²) in [5, 5.41) is 0. The van der Waals surface area contributed by atoms with E-state index in [2.05, 4.69) is 404 Å². The first-order valence-corrected chi connectivity index (χ1v) is 35.1. The monoisotopic (exact) mass is 1290 g/mol. The molecule has 7 nitrogen and oxygen atoms in total. The number of rotatable bonds is 11. The Balaban J connectivity index is 0.926. The topological polar surface area (TPSA) is 22.7 Å². The molecule has 0 atom stereocenters. The Labute approximate surface area is 587 Å². The molecule has 5 heterocycles. The lowest BCUT2D eigenvalue weighted by Gasteiger charge is -2.48. The molecule has 0 radical (unpaired) electrons. The summed E-state index contributed by atoms with van der Waals surface area (Å²) in [7, 11) is 0. The van der Waals surface area contributed by atoms with Crippen molar-refractivity contribution in [2.45, 2.75) is 9.79 Å². The number of fused-ring (bicyclic) bond motifs is 11. The lowest BCUT2D eigenvalue weighted by molar-refractivity contribution is 1.14. The largest absolute Gasteiger partial charge is 0.311 e. The van der Waals surface area contributed by atoms with Crippen LogP contribution in [0.5, 0.6) is 0 Å². The van der Waals surface area contributed by atoms with Gasteiger partial charge in [-0.15, -0.1) is 0 Å². The molecule has 0 aromatic heterocycles. The van der Waals surface area contributed by atoms with Crippen molar-refractivity contribution < 1.29 is 0 Å². The molecule has 15 aromatic carbocycles. The summed E-state index contributed by atoms with van der Waals surface area (Å²) in [5.74, 6) is 0. The van der Waals surface area contributed by atoms with Gasteiger partial charge in [-0.3, -0.25) is 0 Å². The highest BCUT2D eigenvalue weighted by atomic mass is 32.2. The van der Waals surface area contributed by atoms with Gasteiger partial charge in [-0.1, -0.05) is 218 Å². The first kappa shape index (κ1) is 57.6. The van der Waals surface area contributed by atoms with Crippen molar-refractivity contribution >= 4 is 177 Å². The van der Waals surface area contributed by atoms with Gasteiger partial charge >= 0.3 is 0 Å². The van der Waals surface area contributed by atoms with Crippen LogP contribution in [0.15, 0.2) is 380 Å². The van der Waals surface area contributed by atoms with Gasteiger partial charge in [-0.2, -0.15) is 0 Å². The molecule has 5 aliphatic rings. The summed E-state index contributed by atoms with van der Waals surface area (Å²) >= 11 is 1.88. The third kappa shape index (κ3) is 9.11. The van der Waals surface area contributed by atoms with Gasteiger partial charge in [0.2, 0.25) is 0 Å². The maximum absolute atomic E-state index is 2.66. The number of hydrogen-bond acceptors (Lipinski definition) is 8. The van der Waals surface area contributed by atoms with E-state index in [-0.39, 0.29) is 13.4 Å². The summed E-state index contributed by atoms with van der Waals surface area (Å²) in [5.41, 5.74) is 30.5. The SMILES string of the molecule is c1ccc(N(c2ccccc2)c2cc3c4c(c2)N(c2ccccc2)c2cc5c(cc2B4c2ccccc2N3c2ccccc2)B2c3ccc4c(c3N(c3ccccc3)c3cc(N(c6ccccc6)c6ccccc6)cc(c32)N5c2ccccc2)Sc2ccccc2N4c2ccccc2)cc1. The molecular formula is C90H61B2N7S. The Morgan fingerprint density at radius 1 is 0.210 bits per heavy atom. The van der Waals surface area contributed by atoms with Gasteiger partial charge < -0.3 is 34.3 Å². The van der Waals surface area contributed by atoms with E-state index in [1.54, 1.807) is 0 Å². The summed E-state index contributed by atoms with van der Waals surface area (Å²) in [6.45, 7) is -0.460. The smallest absolute Gasteiger partial charge is 0.252 e. The van der Waals surface area contributed by atoms with Gasteiger partial charge in [0.1, 0.15) is 0 Å². The molecule has 468 valence electrons. The summed E-state index contributed by atoms with van der Waals surface area (Å²) in [6.07, 6.45) is 0. The van der Waals surface area contributed by atoms with Crippen LogP contribution in [-0.2, 0) is 0 Å². The van der Waals surface area contributed by atoms with Crippen LogP contribution in [0.1, 0.15) is 0 Å². The highest BCUT2D eigenvalue weighted by molar-refractivity contribution is 8.00. The van der Waals surface area contributed by atoms with Crippen molar-refractivity contribution in [2.75, 3.05) is 34.3 Å². The zero-order valence-corrected chi connectivity index (χ0v) is 55.2. The molecule has 100 heavy (non-hydrogen) atoms. The molecule has 0 bridgehead atoms. The second kappa shape index (κ2) is 23.6. The van der Waals surface area contributed by atoms with Crippen LogP contribution in [0.4, 0.5) is 119 Å². The normalized spacial score (nSPS) is 13.2. The third-order valence-corrected chi connectivity index (χ3v) is 21.6. The lowest BCUT2D eigenvalue weighted by Crippen LogP contribution is -2.65. The lowest BCUT2D eigenvalue weighted by atomic mass is 9.30. The van der Waals surface area contributed by atoms with Crippen LogP contribution in [0, 0.1) is 0 Å². The second-order valence-corrected chi connectivity index (χ2v) is 27.0. The van der Waals surface area contributed by atoms with E-state index in [0.29, 0.717) is 0 Å². The van der Waals surface area contributed by atoms with Crippen LogP contribution in [0.3, 0.4) is 0 Å². The molecule has 0 spiro atoms. The van der Waals surface area contributed by atoms with Crippen molar-refractivity contribution in [1.29, 1.82) is 0 Å². The molecule has 0 fully saturated rings. The van der Waals surface area contributed by atoms with E-state index in [4.69, 9.17) is 0 Å². The van der Waals surface area contributed by atoms with Gasteiger partial charge in [-0.05, 0) is 197 Å². The fourth-order valence-electron chi connectivity index (χ4n) is 16.4. The number of benzene rings is 15. The number of nitrogens with zero attached hydrogens (tertiary/aromatic N) is 7. The van der Waals surface area contributed by atoms with E-state index in [1.807, 2.05) is 11.8 Å². The molecule has 5 aliphatic heterocycles. The zero-order valence-electron chi connectivity index (χ0n) is 54.4. The minimum absolute atomic E-state index is 0.199. The Kier molecular flexibility index (Phi) is 13.6. The molecule has 0 N–H and O–H groups in total. The van der Waals surface area contributed by atoms with Gasteiger partial charge in [-0.25, -0.2) is 0 Å². The van der Waals surface area contributed by atoms with E-state index >= 15 is 0 Å². The Bertz CT molecular complexity index is 5550. The molecule has 0 unspecified atom stereocenters. The van der Waals surface area contributed by atoms with Crippen molar-refractivity contribution in [1.82, 2.24) is 0 Å². The first-order valence-electron chi connectivity index (χ1n) is 34.3. The standard InChI is InChI=1S/C90H61B2N7S/c1-10-32-62(33-11-1)93(63-34-12-2-13-35-63)71-56-82-87-83(57-71)97(68-44-22-7-23-45-68)80-61-81-76(60-75(80)91(87)73-50-28-29-51-77(73)95(82)66-40-18-5-19-41-66)92-74-54-55-79-90(100-86-53-31-30-52-78(86)96(79)67-42-20-6-21-43-67)89(74)99(70-48-26-9-27-49-70)85-59-72(58-84(88(85)92)98(81)69-46-24-8-25-47-69)94(64-36-14-3-15-37-64)65-38-16-4-17-39-65/h1-61H. The van der Waals surface area contributed by atoms with Gasteiger partial charge in [0, 0.05) is 95.9 Å².